The third kappa shape index (κ3) is 2.38. The number of aromatic nitrogens is 1. The van der Waals surface area contributed by atoms with Crippen LogP contribution in [0.2, 0.25) is 5.02 Å². The van der Waals surface area contributed by atoms with Gasteiger partial charge in [0.05, 0.1) is 6.42 Å². The number of amides is 1. The van der Waals surface area contributed by atoms with Gasteiger partial charge in [-0.05, 0) is 42.0 Å². The first-order chi connectivity index (χ1) is 9.63. The van der Waals surface area contributed by atoms with Crippen LogP contribution in [-0.4, -0.2) is 11.1 Å². The lowest BCUT2D eigenvalue weighted by Crippen LogP contribution is -2.13. The fourth-order valence-electron chi connectivity index (χ4n) is 2.11. The van der Waals surface area contributed by atoms with Gasteiger partial charge >= 0.3 is 0 Å². The number of nitrogens with two attached hydrogens (primary N) is 1. The predicted molar refractivity (Wildman–Crippen MR) is 77.4 cm³/mol. The third-order valence-corrected chi connectivity index (χ3v) is 3.28. The molecule has 2 N–H and O–H groups in total. The average Bonchev–Trinajstić information content (AvgIpc) is 2.82. The molecule has 0 fully saturated rings. The van der Waals surface area contributed by atoms with Crippen LogP contribution < -0.4 is 5.73 Å². The number of primary amides is 1. The number of fused-ring (bicyclic) bond motifs is 1. The molecule has 0 bridgehead atoms. The Morgan fingerprint density at radius 2 is 1.95 bits per heavy atom. The smallest absolute Gasteiger partial charge is 0.221 e. The highest BCUT2D eigenvalue weighted by Gasteiger charge is 2.12. The van der Waals surface area contributed by atoms with Crippen molar-refractivity contribution in [2.24, 2.45) is 5.73 Å². The lowest BCUT2D eigenvalue weighted by Gasteiger charge is -1.99. The highest BCUT2D eigenvalue weighted by atomic mass is 35.5. The minimum absolute atomic E-state index is 0.196. The molecular weight excluding hydrogens is 276 g/mol. The first-order valence-electron chi connectivity index (χ1n) is 6.06. The zero-order chi connectivity index (χ0) is 14.1. The van der Waals surface area contributed by atoms with Gasteiger partial charge in [-0.2, -0.15) is 0 Å². The molecular formula is C15H11ClN2O2. The molecule has 5 heteroatoms. The van der Waals surface area contributed by atoms with E-state index in [2.05, 4.69) is 5.16 Å². The van der Waals surface area contributed by atoms with Gasteiger partial charge in [0, 0.05) is 16.0 Å². The Labute approximate surface area is 120 Å². The second-order valence-electron chi connectivity index (χ2n) is 4.51. The summed E-state index contributed by atoms with van der Waals surface area (Å²) in [7, 11) is 0. The van der Waals surface area contributed by atoms with Gasteiger partial charge in [0.15, 0.2) is 5.76 Å². The number of rotatable bonds is 3. The molecule has 0 aliphatic heterocycles. The predicted octanol–water partition coefficient (Wildman–Crippen LogP) is 3.18. The van der Waals surface area contributed by atoms with Crippen LogP contribution in [0.3, 0.4) is 0 Å². The summed E-state index contributed by atoms with van der Waals surface area (Å²) in [5, 5.41) is 5.53. The van der Waals surface area contributed by atoms with Crippen molar-refractivity contribution in [2.45, 2.75) is 6.42 Å². The maximum Gasteiger partial charge on any atom is 0.221 e. The van der Waals surface area contributed by atoms with E-state index in [4.69, 9.17) is 21.9 Å². The van der Waals surface area contributed by atoms with Gasteiger partial charge in [-0.15, -0.1) is 0 Å². The summed E-state index contributed by atoms with van der Waals surface area (Å²) >= 11 is 5.88. The number of nitrogens with zero attached hydrogens (tertiary/aromatic N) is 1. The molecule has 1 heterocycles. The van der Waals surface area contributed by atoms with Crippen LogP contribution in [-0.2, 0) is 11.2 Å². The SMILES string of the molecule is NC(=O)Cc1ccc2noc(-c3ccc(Cl)cc3)c2c1. The van der Waals surface area contributed by atoms with Crippen molar-refractivity contribution in [3.05, 3.63) is 53.1 Å². The molecule has 0 spiro atoms. The van der Waals surface area contributed by atoms with E-state index in [1.165, 1.54) is 0 Å². The molecule has 4 nitrogen and oxygen atoms in total. The number of carbonyl (C=O) groups excluding carboxylic acids is 1. The Bertz CT molecular complexity index is 778. The zero-order valence-electron chi connectivity index (χ0n) is 10.5. The summed E-state index contributed by atoms with van der Waals surface area (Å²) < 4.78 is 5.39. The number of benzene rings is 2. The van der Waals surface area contributed by atoms with Crippen molar-refractivity contribution < 1.29 is 9.32 Å². The molecule has 1 aromatic heterocycles. The quantitative estimate of drug-likeness (QED) is 0.804. The fourth-order valence-corrected chi connectivity index (χ4v) is 2.24. The van der Waals surface area contributed by atoms with Gasteiger partial charge in [-0.3, -0.25) is 4.79 Å². The summed E-state index contributed by atoms with van der Waals surface area (Å²) in [4.78, 5) is 11.0. The maximum absolute atomic E-state index is 11.0. The number of halogens is 1. The first-order valence-corrected chi connectivity index (χ1v) is 6.44. The van der Waals surface area contributed by atoms with Gasteiger partial charge in [-0.1, -0.05) is 22.8 Å². The molecule has 0 aliphatic carbocycles. The minimum Gasteiger partial charge on any atom is -0.369 e. The van der Waals surface area contributed by atoms with Crippen molar-refractivity contribution in [1.29, 1.82) is 0 Å². The van der Waals surface area contributed by atoms with Crippen LogP contribution in [0.25, 0.3) is 22.2 Å². The van der Waals surface area contributed by atoms with Crippen LogP contribution >= 0.6 is 11.6 Å². The zero-order valence-corrected chi connectivity index (χ0v) is 11.2. The maximum atomic E-state index is 11.0. The third-order valence-electron chi connectivity index (χ3n) is 3.03. The van der Waals surface area contributed by atoms with E-state index in [1.54, 1.807) is 12.1 Å². The standard InChI is InChI=1S/C15H11ClN2O2/c16-11-4-2-10(3-5-11)15-12-7-9(8-14(17)19)1-6-13(12)18-20-15/h1-7H,8H2,(H2,17,19). The largest absolute Gasteiger partial charge is 0.369 e. The topological polar surface area (TPSA) is 69.1 Å². The van der Waals surface area contributed by atoms with Gasteiger partial charge in [-0.25, -0.2) is 0 Å². The Balaban J connectivity index is 2.11. The Morgan fingerprint density at radius 1 is 1.20 bits per heavy atom. The lowest BCUT2D eigenvalue weighted by molar-refractivity contribution is -0.117. The van der Waals surface area contributed by atoms with Gasteiger partial charge in [0.1, 0.15) is 5.52 Å². The molecule has 1 amide bonds. The van der Waals surface area contributed by atoms with E-state index in [0.29, 0.717) is 10.8 Å². The lowest BCUT2D eigenvalue weighted by atomic mass is 10.0. The Hall–Kier alpha value is -2.33. The second kappa shape index (κ2) is 4.98. The molecule has 0 saturated carbocycles. The van der Waals surface area contributed by atoms with Crippen LogP contribution in [0.5, 0.6) is 0 Å². The number of carbonyl (C=O) groups is 1. The highest BCUT2D eigenvalue weighted by molar-refractivity contribution is 6.30. The molecule has 100 valence electrons. The monoisotopic (exact) mass is 286 g/mol. The summed E-state index contributed by atoms with van der Waals surface area (Å²) in [5.74, 6) is 0.289. The van der Waals surface area contributed by atoms with E-state index >= 15 is 0 Å². The van der Waals surface area contributed by atoms with Crippen molar-refractivity contribution in [1.82, 2.24) is 5.16 Å². The fraction of sp³-hybridized carbons (Fsp3) is 0.0667. The first kappa shape index (κ1) is 12.7. The molecule has 0 radical (unpaired) electrons. The van der Waals surface area contributed by atoms with Crippen LogP contribution in [0.4, 0.5) is 0 Å². The highest BCUT2D eigenvalue weighted by Crippen LogP contribution is 2.30. The van der Waals surface area contributed by atoms with Crippen LogP contribution in [0, 0.1) is 0 Å². The summed E-state index contributed by atoms with van der Waals surface area (Å²) in [6.07, 6.45) is 0.196. The van der Waals surface area contributed by atoms with Gasteiger partial charge in [0.25, 0.3) is 0 Å². The van der Waals surface area contributed by atoms with E-state index in [-0.39, 0.29) is 12.3 Å². The van der Waals surface area contributed by atoms with E-state index in [0.717, 1.165) is 22.0 Å². The summed E-state index contributed by atoms with van der Waals surface area (Å²) in [6, 6.07) is 12.8. The Morgan fingerprint density at radius 3 is 2.65 bits per heavy atom. The summed E-state index contributed by atoms with van der Waals surface area (Å²) in [6.45, 7) is 0. The molecule has 3 aromatic rings. The van der Waals surface area contributed by atoms with E-state index < -0.39 is 0 Å². The molecule has 0 atom stereocenters. The molecule has 0 saturated heterocycles. The van der Waals surface area contributed by atoms with Crippen molar-refractivity contribution in [3.8, 4) is 11.3 Å². The molecule has 0 unspecified atom stereocenters. The van der Waals surface area contributed by atoms with E-state index in [1.807, 2.05) is 30.3 Å². The number of hydrogen-bond acceptors (Lipinski definition) is 3. The summed E-state index contributed by atoms with van der Waals surface area (Å²) in [5.41, 5.74) is 7.68. The average molecular weight is 287 g/mol. The molecule has 2 aromatic carbocycles. The van der Waals surface area contributed by atoms with Gasteiger partial charge < -0.3 is 10.3 Å². The Kier molecular flexibility index (Phi) is 3.16. The minimum atomic E-state index is -0.367. The van der Waals surface area contributed by atoms with Crippen molar-refractivity contribution in [3.63, 3.8) is 0 Å². The molecule has 0 aliphatic rings. The number of hydrogen-bond donors (Lipinski definition) is 1. The normalized spacial score (nSPS) is 10.8. The van der Waals surface area contributed by atoms with Crippen LogP contribution in [0.15, 0.2) is 47.0 Å². The van der Waals surface area contributed by atoms with Crippen molar-refractivity contribution >= 4 is 28.4 Å². The molecule has 20 heavy (non-hydrogen) atoms. The van der Waals surface area contributed by atoms with E-state index in [9.17, 15) is 4.79 Å². The van der Waals surface area contributed by atoms with Crippen LogP contribution in [0.1, 0.15) is 5.56 Å². The second-order valence-corrected chi connectivity index (χ2v) is 4.95. The molecule has 3 rings (SSSR count). The van der Waals surface area contributed by atoms with Crippen molar-refractivity contribution in [2.75, 3.05) is 0 Å². The van der Waals surface area contributed by atoms with Gasteiger partial charge in [0.2, 0.25) is 5.91 Å².